The molecule has 0 heterocycles. The highest BCUT2D eigenvalue weighted by Gasteiger charge is 2.32. The van der Waals surface area contributed by atoms with Crippen molar-refractivity contribution < 1.29 is 14.8 Å². The topological polar surface area (TPSA) is 42.9 Å². The lowest BCUT2D eigenvalue weighted by Gasteiger charge is -2.22. The fourth-order valence-electron chi connectivity index (χ4n) is 2.50. The predicted octanol–water partition coefficient (Wildman–Crippen LogP) is 2.13. The number of ketones is 1. The largest absolute Gasteiger partial charge is 0.370 e. The van der Waals surface area contributed by atoms with Crippen LogP contribution in [0.5, 0.6) is 0 Å². The lowest BCUT2D eigenvalue weighted by atomic mass is 9.94. The molecule has 3 nitrogen and oxygen atoms in total. The van der Waals surface area contributed by atoms with Crippen molar-refractivity contribution >= 4 is 5.78 Å². The van der Waals surface area contributed by atoms with Crippen molar-refractivity contribution in [3.63, 3.8) is 0 Å². The van der Waals surface area contributed by atoms with Crippen LogP contribution in [0.3, 0.4) is 0 Å². The van der Waals surface area contributed by atoms with E-state index in [1.165, 1.54) is 5.56 Å². The third-order valence-electron chi connectivity index (χ3n) is 3.71. The molecule has 110 valence electrons. The second-order valence-corrected chi connectivity index (χ2v) is 5.16. The van der Waals surface area contributed by atoms with Crippen molar-refractivity contribution in [2.45, 2.75) is 19.1 Å². The third-order valence-corrected chi connectivity index (χ3v) is 3.71. The van der Waals surface area contributed by atoms with Crippen LogP contribution in [0.1, 0.15) is 27.6 Å². The Bertz CT molecular complexity index is 578. The van der Waals surface area contributed by atoms with Gasteiger partial charge >= 0.3 is 0 Å². The van der Waals surface area contributed by atoms with Gasteiger partial charge in [-0.2, -0.15) is 0 Å². The summed E-state index contributed by atoms with van der Waals surface area (Å²) in [5.74, 6) is 0.0884. The summed E-state index contributed by atoms with van der Waals surface area (Å²) in [6, 6.07) is 17.2. The van der Waals surface area contributed by atoms with Gasteiger partial charge in [-0.15, -0.1) is 0 Å². The molecular formula is C18H22NO2+. The van der Waals surface area contributed by atoms with Crippen LogP contribution in [0.2, 0.25) is 0 Å². The summed E-state index contributed by atoms with van der Waals surface area (Å²) >= 11 is 0. The van der Waals surface area contributed by atoms with Crippen LogP contribution in [-0.2, 0) is 4.74 Å². The van der Waals surface area contributed by atoms with Crippen LogP contribution < -0.4 is 5.32 Å². The third kappa shape index (κ3) is 3.57. The average Bonchev–Trinajstić information content (AvgIpc) is 2.54. The van der Waals surface area contributed by atoms with Gasteiger partial charge in [-0.3, -0.25) is 4.79 Å². The molecule has 0 bridgehead atoms. The highest BCUT2D eigenvalue weighted by Crippen LogP contribution is 2.21. The number of nitrogens with two attached hydrogens (primary N) is 1. The van der Waals surface area contributed by atoms with Crippen molar-refractivity contribution in [1.29, 1.82) is 0 Å². The SMILES string of the molecule is C[NH2+][C@@H](C(=O)c1ccccc1)[C@H](OC)c1ccc(C)cc1. The molecule has 0 aliphatic carbocycles. The lowest BCUT2D eigenvalue weighted by molar-refractivity contribution is -0.657. The molecule has 2 rings (SSSR count). The number of aryl methyl sites for hydroxylation is 1. The molecule has 0 radical (unpaired) electrons. The number of quaternary nitrogens is 1. The minimum absolute atomic E-state index is 0.0884. The first-order valence-electron chi connectivity index (χ1n) is 7.15. The van der Waals surface area contributed by atoms with Crippen LogP contribution in [0.15, 0.2) is 54.6 Å². The van der Waals surface area contributed by atoms with Crippen LogP contribution in [0.25, 0.3) is 0 Å². The Morgan fingerprint density at radius 3 is 2.19 bits per heavy atom. The van der Waals surface area contributed by atoms with Gasteiger partial charge in [-0.25, -0.2) is 0 Å². The maximum Gasteiger partial charge on any atom is 0.222 e. The summed E-state index contributed by atoms with van der Waals surface area (Å²) in [5, 5.41) is 1.92. The molecule has 0 spiro atoms. The zero-order chi connectivity index (χ0) is 15.2. The van der Waals surface area contributed by atoms with E-state index in [9.17, 15) is 4.79 Å². The number of methoxy groups -OCH3 is 1. The Morgan fingerprint density at radius 1 is 1.05 bits per heavy atom. The Kier molecular flexibility index (Phi) is 5.26. The fraction of sp³-hybridized carbons (Fsp3) is 0.278. The van der Waals surface area contributed by atoms with Gasteiger partial charge in [0.2, 0.25) is 5.78 Å². The number of Topliss-reactive ketones (excluding diaryl/α,β-unsaturated/α-hetero) is 1. The molecule has 0 saturated carbocycles. The lowest BCUT2D eigenvalue weighted by Crippen LogP contribution is -2.89. The maximum absolute atomic E-state index is 12.7. The maximum atomic E-state index is 12.7. The molecule has 21 heavy (non-hydrogen) atoms. The summed E-state index contributed by atoms with van der Waals surface area (Å²) in [5.41, 5.74) is 2.94. The summed E-state index contributed by atoms with van der Waals surface area (Å²) in [6.45, 7) is 2.05. The van der Waals surface area contributed by atoms with Crippen LogP contribution >= 0.6 is 0 Å². The smallest absolute Gasteiger partial charge is 0.222 e. The monoisotopic (exact) mass is 284 g/mol. The molecular weight excluding hydrogens is 262 g/mol. The number of rotatable bonds is 6. The Balaban J connectivity index is 2.29. The summed E-state index contributed by atoms with van der Waals surface area (Å²) in [4.78, 5) is 12.7. The first-order valence-corrected chi connectivity index (χ1v) is 7.15. The van der Waals surface area contributed by atoms with E-state index in [4.69, 9.17) is 4.74 Å². The van der Waals surface area contributed by atoms with E-state index in [0.29, 0.717) is 0 Å². The fourth-order valence-corrected chi connectivity index (χ4v) is 2.50. The minimum atomic E-state index is -0.292. The number of benzene rings is 2. The molecule has 0 saturated heterocycles. The molecule has 2 atom stereocenters. The Labute approximate surface area is 126 Å². The van der Waals surface area contributed by atoms with E-state index in [1.807, 2.05) is 73.9 Å². The molecule has 0 amide bonds. The second kappa shape index (κ2) is 7.16. The van der Waals surface area contributed by atoms with Gasteiger partial charge in [-0.05, 0) is 12.5 Å². The predicted molar refractivity (Wildman–Crippen MR) is 83.3 cm³/mol. The number of carbonyl (C=O) groups excluding carboxylic acids is 1. The normalized spacial score (nSPS) is 13.7. The van der Waals surface area contributed by atoms with Gasteiger partial charge in [0.15, 0.2) is 6.04 Å². The number of carbonyl (C=O) groups is 1. The summed E-state index contributed by atoms with van der Waals surface area (Å²) in [7, 11) is 3.56. The molecule has 2 N–H and O–H groups in total. The summed E-state index contributed by atoms with van der Waals surface area (Å²) < 4.78 is 5.62. The van der Waals surface area contributed by atoms with Gasteiger partial charge in [0.05, 0.1) is 7.05 Å². The molecule has 2 aromatic rings. The van der Waals surface area contributed by atoms with E-state index >= 15 is 0 Å². The molecule has 3 heteroatoms. The van der Waals surface area contributed by atoms with Gasteiger partial charge in [0.25, 0.3) is 0 Å². The van der Waals surface area contributed by atoms with Gasteiger partial charge in [0, 0.05) is 12.7 Å². The standard InChI is InChI=1S/C18H21NO2/c1-13-9-11-15(12-10-13)18(21-3)16(19-2)17(20)14-7-5-4-6-8-14/h4-12,16,18-19H,1-3H3/p+1/t16-,18+/m0/s1. The number of ether oxygens (including phenoxy) is 1. The number of likely N-dealkylation sites (N-methyl/N-ethyl adjacent to an activating group) is 1. The quantitative estimate of drug-likeness (QED) is 0.826. The molecule has 0 aromatic heterocycles. The first-order chi connectivity index (χ1) is 10.2. The van der Waals surface area contributed by atoms with E-state index in [-0.39, 0.29) is 17.9 Å². The second-order valence-electron chi connectivity index (χ2n) is 5.16. The molecule has 0 aliphatic rings. The zero-order valence-corrected chi connectivity index (χ0v) is 12.7. The van der Waals surface area contributed by atoms with E-state index in [2.05, 4.69) is 0 Å². The van der Waals surface area contributed by atoms with Crippen molar-refractivity contribution in [2.75, 3.05) is 14.2 Å². The van der Waals surface area contributed by atoms with Crippen LogP contribution in [-0.4, -0.2) is 26.0 Å². The van der Waals surface area contributed by atoms with Crippen LogP contribution in [0, 0.1) is 6.92 Å². The van der Waals surface area contributed by atoms with Crippen LogP contribution in [0.4, 0.5) is 0 Å². The molecule has 2 aromatic carbocycles. The van der Waals surface area contributed by atoms with Gasteiger partial charge < -0.3 is 10.1 Å². The van der Waals surface area contributed by atoms with Gasteiger partial charge in [0.1, 0.15) is 6.10 Å². The number of hydrogen-bond donors (Lipinski definition) is 1. The van der Waals surface area contributed by atoms with Gasteiger partial charge in [-0.1, -0.05) is 60.2 Å². The van der Waals surface area contributed by atoms with Crippen molar-refractivity contribution in [3.8, 4) is 0 Å². The summed E-state index contributed by atoms with van der Waals surface area (Å²) in [6.07, 6.45) is -0.261. The van der Waals surface area contributed by atoms with E-state index in [1.54, 1.807) is 7.11 Å². The first kappa shape index (κ1) is 15.4. The molecule has 0 unspecified atom stereocenters. The number of hydrogen-bond acceptors (Lipinski definition) is 2. The van der Waals surface area contributed by atoms with Crippen molar-refractivity contribution in [1.82, 2.24) is 0 Å². The highest BCUT2D eigenvalue weighted by molar-refractivity contribution is 5.99. The average molecular weight is 284 g/mol. The Morgan fingerprint density at radius 2 is 1.67 bits per heavy atom. The minimum Gasteiger partial charge on any atom is -0.370 e. The van der Waals surface area contributed by atoms with Crippen molar-refractivity contribution in [2.24, 2.45) is 0 Å². The van der Waals surface area contributed by atoms with E-state index in [0.717, 1.165) is 11.1 Å². The van der Waals surface area contributed by atoms with E-state index < -0.39 is 0 Å². The Hall–Kier alpha value is -1.97. The molecule has 0 aliphatic heterocycles. The highest BCUT2D eigenvalue weighted by atomic mass is 16.5. The molecule has 0 fully saturated rings. The van der Waals surface area contributed by atoms with Crippen molar-refractivity contribution in [3.05, 3.63) is 71.3 Å². The zero-order valence-electron chi connectivity index (χ0n) is 12.7.